The second kappa shape index (κ2) is 5.97. The van der Waals surface area contributed by atoms with Gasteiger partial charge in [-0.3, -0.25) is 0 Å². The molecule has 0 fully saturated rings. The number of carbonyl (C=O) groups excluding carboxylic acids is 1. The average Bonchev–Trinajstić information content (AvgIpc) is 2.47. The molecule has 0 aliphatic heterocycles. The highest BCUT2D eigenvalue weighted by atomic mass is 19.4. The lowest BCUT2D eigenvalue weighted by Gasteiger charge is -2.12. The molecule has 0 aliphatic rings. The minimum atomic E-state index is -4.48. The molecule has 2 aromatic carbocycles. The molecule has 2 aromatic rings. The highest BCUT2D eigenvalue weighted by molar-refractivity contribution is 5.93. The number of alkyl halides is 3. The standard InChI is InChI=1S/C15H12F3NO3/c1-21-14(20)12-8-10(19)5-6-13(12)22-11-4-2-3-9(7-11)15(16,17)18/h2-8H,19H2,1H3. The number of nitrogens with two attached hydrogens (primary N) is 1. The Morgan fingerprint density at radius 1 is 1.14 bits per heavy atom. The van der Waals surface area contributed by atoms with Crippen molar-refractivity contribution in [1.82, 2.24) is 0 Å². The van der Waals surface area contributed by atoms with Gasteiger partial charge in [-0.15, -0.1) is 0 Å². The van der Waals surface area contributed by atoms with Crippen LogP contribution in [-0.4, -0.2) is 13.1 Å². The van der Waals surface area contributed by atoms with Gasteiger partial charge in [0.05, 0.1) is 12.7 Å². The average molecular weight is 311 g/mol. The van der Waals surface area contributed by atoms with Crippen molar-refractivity contribution in [2.24, 2.45) is 0 Å². The van der Waals surface area contributed by atoms with Gasteiger partial charge in [0.15, 0.2) is 0 Å². The molecular formula is C15H12F3NO3. The van der Waals surface area contributed by atoms with Crippen molar-refractivity contribution < 1.29 is 27.4 Å². The topological polar surface area (TPSA) is 61.5 Å². The number of benzene rings is 2. The smallest absolute Gasteiger partial charge is 0.416 e. The van der Waals surface area contributed by atoms with Crippen molar-refractivity contribution in [2.75, 3.05) is 12.8 Å². The molecule has 0 amide bonds. The Labute approximate surface area is 124 Å². The van der Waals surface area contributed by atoms with Gasteiger partial charge in [-0.05, 0) is 36.4 Å². The summed E-state index contributed by atoms with van der Waals surface area (Å²) in [4.78, 5) is 11.7. The quantitative estimate of drug-likeness (QED) is 0.690. The van der Waals surface area contributed by atoms with E-state index >= 15 is 0 Å². The summed E-state index contributed by atoms with van der Waals surface area (Å²) in [5.74, 6) is -0.695. The Kier molecular flexibility index (Phi) is 4.25. The highest BCUT2D eigenvalue weighted by Gasteiger charge is 2.30. The van der Waals surface area contributed by atoms with Crippen LogP contribution in [0, 0.1) is 0 Å². The lowest BCUT2D eigenvalue weighted by molar-refractivity contribution is -0.137. The number of esters is 1. The van der Waals surface area contributed by atoms with Gasteiger partial charge in [0.25, 0.3) is 0 Å². The molecule has 0 saturated carbocycles. The molecule has 4 nitrogen and oxygen atoms in total. The van der Waals surface area contributed by atoms with E-state index in [0.717, 1.165) is 12.1 Å². The fourth-order valence-corrected chi connectivity index (χ4v) is 1.77. The van der Waals surface area contributed by atoms with Gasteiger partial charge in [-0.2, -0.15) is 13.2 Å². The summed E-state index contributed by atoms with van der Waals surface area (Å²) in [5.41, 5.74) is 5.07. The van der Waals surface area contributed by atoms with Crippen molar-refractivity contribution in [3.8, 4) is 11.5 Å². The van der Waals surface area contributed by atoms with Crippen LogP contribution in [0.5, 0.6) is 11.5 Å². The molecule has 116 valence electrons. The van der Waals surface area contributed by atoms with Crippen molar-refractivity contribution in [2.45, 2.75) is 6.18 Å². The van der Waals surface area contributed by atoms with Crippen LogP contribution in [0.3, 0.4) is 0 Å². The molecule has 0 bridgehead atoms. The van der Waals surface area contributed by atoms with Gasteiger partial charge in [0.2, 0.25) is 0 Å². The number of nitrogen functional groups attached to an aromatic ring is 1. The van der Waals surface area contributed by atoms with Crippen LogP contribution < -0.4 is 10.5 Å². The Hall–Kier alpha value is -2.70. The van der Waals surface area contributed by atoms with Crippen molar-refractivity contribution in [1.29, 1.82) is 0 Å². The van der Waals surface area contributed by atoms with Gasteiger partial charge in [-0.1, -0.05) is 6.07 Å². The van der Waals surface area contributed by atoms with Crippen LogP contribution in [0.15, 0.2) is 42.5 Å². The van der Waals surface area contributed by atoms with E-state index in [0.29, 0.717) is 5.69 Å². The molecule has 0 saturated heterocycles. The maximum absolute atomic E-state index is 12.7. The lowest BCUT2D eigenvalue weighted by Crippen LogP contribution is -2.06. The van der Waals surface area contributed by atoms with Crippen LogP contribution in [0.2, 0.25) is 0 Å². The van der Waals surface area contributed by atoms with E-state index in [-0.39, 0.29) is 17.1 Å². The monoisotopic (exact) mass is 311 g/mol. The first-order valence-corrected chi connectivity index (χ1v) is 6.14. The molecule has 0 spiro atoms. The molecule has 0 radical (unpaired) electrons. The zero-order valence-corrected chi connectivity index (χ0v) is 11.5. The van der Waals surface area contributed by atoms with Crippen molar-refractivity contribution >= 4 is 11.7 Å². The predicted molar refractivity (Wildman–Crippen MR) is 73.7 cm³/mol. The van der Waals surface area contributed by atoms with E-state index in [1.165, 1.54) is 37.4 Å². The minimum Gasteiger partial charge on any atom is -0.465 e. The van der Waals surface area contributed by atoms with Crippen LogP contribution in [0.1, 0.15) is 15.9 Å². The number of hydrogen-bond acceptors (Lipinski definition) is 4. The van der Waals surface area contributed by atoms with E-state index in [9.17, 15) is 18.0 Å². The predicted octanol–water partition coefficient (Wildman–Crippen LogP) is 3.87. The van der Waals surface area contributed by atoms with E-state index in [1.807, 2.05) is 0 Å². The highest BCUT2D eigenvalue weighted by Crippen LogP contribution is 2.33. The van der Waals surface area contributed by atoms with Gasteiger partial charge in [-0.25, -0.2) is 4.79 Å². The lowest BCUT2D eigenvalue weighted by atomic mass is 10.1. The van der Waals surface area contributed by atoms with E-state index < -0.39 is 17.7 Å². The number of ether oxygens (including phenoxy) is 2. The zero-order valence-electron chi connectivity index (χ0n) is 11.5. The molecule has 22 heavy (non-hydrogen) atoms. The first-order chi connectivity index (χ1) is 10.3. The largest absolute Gasteiger partial charge is 0.465 e. The molecule has 0 aliphatic carbocycles. The second-order valence-electron chi connectivity index (χ2n) is 4.37. The summed E-state index contributed by atoms with van der Waals surface area (Å²) >= 11 is 0. The first kappa shape index (κ1) is 15.7. The number of anilines is 1. The molecule has 0 heterocycles. The molecule has 0 atom stereocenters. The maximum Gasteiger partial charge on any atom is 0.416 e. The SMILES string of the molecule is COC(=O)c1cc(N)ccc1Oc1cccc(C(F)(F)F)c1. The number of rotatable bonds is 3. The molecular weight excluding hydrogens is 299 g/mol. The number of hydrogen-bond donors (Lipinski definition) is 1. The minimum absolute atomic E-state index is 0.0277. The van der Waals surface area contributed by atoms with Gasteiger partial charge >= 0.3 is 12.1 Å². The Bertz CT molecular complexity index is 699. The van der Waals surface area contributed by atoms with E-state index in [1.54, 1.807) is 0 Å². The van der Waals surface area contributed by atoms with Crippen molar-refractivity contribution in [3.63, 3.8) is 0 Å². The third-order valence-corrected chi connectivity index (χ3v) is 2.80. The summed E-state index contributed by atoms with van der Waals surface area (Å²) in [6.45, 7) is 0. The number of halogens is 3. The Balaban J connectivity index is 2.37. The molecule has 2 N–H and O–H groups in total. The van der Waals surface area contributed by atoms with Gasteiger partial charge in [0, 0.05) is 5.69 Å². The third kappa shape index (κ3) is 3.49. The fraction of sp³-hybridized carbons (Fsp3) is 0.133. The Morgan fingerprint density at radius 2 is 1.86 bits per heavy atom. The summed E-state index contributed by atoms with van der Waals surface area (Å²) in [6, 6.07) is 8.53. The summed E-state index contributed by atoms with van der Waals surface area (Å²) in [7, 11) is 1.18. The molecule has 0 unspecified atom stereocenters. The summed E-state index contributed by atoms with van der Waals surface area (Å²) < 4.78 is 48.0. The van der Waals surface area contributed by atoms with Gasteiger partial charge < -0.3 is 15.2 Å². The normalized spacial score (nSPS) is 11.1. The molecule has 0 aromatic heterocycles. The van der Waals surface area contributed by atoms with Gasteiger partial charge in [0.1, 0.15) is 17.1 Å². The third-order valence-electron chi connectivity index (χ3n) is 2.80. The zero-order chi connectivity index (χ0) is 16.3. The summed E-state index contributed by atoms with van der Waals surface area (Å²) in [6.07, 6.45) is -4.48. The maximum atomic E-state index is 12.7. The molecule has 2 rings (SSSR count). The van der Waals surface area contributed by atoms with Crippen LogP contribution in [0.4, 0.5) is 18.9 Å². The van der Waals surface area contributed by atoms with E-state index in [2.05, 4.69) is 4.74 Å². The fourth-order valence-electron chi connectivity index (χ4n) is 1.77. The number of methoxy groups -OCH3 is 1. The Morgan fingerprint density at radius 3 is 2.50 bits per heavy atom. The second-order valence-corrected chi connectivity index (χ2v) is 4.37. The number of carbonyl (C=O) groups is 1. The van der Waals surface area contributed by atoms with Crippen LogP contribution in [0.25, 0.3) is 0 Å². The van der Waals surface area contributed by atoms with Crippen LogP contribution in [-0.2, 0) is 10.9 Å². The van der Waals surface area contributed by atoms with Crippen molar-refractivity contribution in [3.05, 3.63) is 53.6 Å². The molecule has 7 heteroatoms. The first-order valence-electron chi connectivity index (χ1n) is 6.14. The van der Waals surface area contributed by atoms with E-state index in [4.69, 9.17) is 10.5 Å². The van der Waals surface area contributed by atoms with Crippen LogP contribution >= 0.6 is 0 Å². The summed E-state index contributed by atoms with van der Waals surface area (Å²) in [5, 5.41) is 0.